The second-order valence-corrected chi connectivity index (χ2v) is 47.2. The molecule has 10 aromatic carbocycles. The fourth-order valence-electron chi connectivity index (χ4n) is 22.9. The molecule has 0 spiro atoms. The maximum atomic E-state index is 16.9. The molecule has 659 valence electrons. The molecule has 0 unspecified atom stereocenters. The van der Waals surface area contributed by atoms with Gasteiger partial charge in [0, 0.05) is 56.8 Å². The van der Waals surface area contributed by atoms with Crippen LogP contribution in [0.1, 0.15) is 354 Å². The fourth-order valence-corrected chi connectivity index (χ4v) is 22.9. The second-order valence-electron chi connectivity index (χ2n) is 47.2. The van der Waals surface area contributed by atoms with E-state index in [1.165, 1.54) is 112 Å². The summed E-state index contributed by atoms with van der Waals surface area (Å²) in [6.45, 7) is 68.7. The molecule has 1 heterocycles. The Morgan fingerprint density at radius 3 is 0.911 bits per heavy atom. The Morgan fingerprint density at radius 1 is 0.366 bits per heavy atom. The largest absolute Gasteiger partial charge is 0.552 e. The van der Waals surface area contributed by atoms with Crippen LogP contribution in [0.15, 0.2) is 109 Å². The third-order valence-corrected chi connectivity index (χ3v) is 29.9. The number of fused-ring (bicyclic) bond motifs is 8. The molecule has 1 aliphatic heterocycles. The van der Waals surface area contributed by atoms with Crippen LogP contribution in [0.5, 0.6) is 11.5 Å². The van der Waals surface area contributed by atoms with E-state index in [9.17, 15) is 5.11 Å². The predicted octanol–water partition coefficient (Wildman–Crippen LogP) is 32.4. The molecule has 1 N–H and O–H groups in total. The third kappa shape index (κ3) is 18.8. The molecule has 5 aliphatic rings. The molecule has 0 saturated carbocycles. The normalized spacial score (nSPS) is 18.4. The van der Waals surface area contributed by atoms with Gasteiger partial charge in [0.25, 0.3) is 0 Å². The summed E-state index contributed by atoms with van der Waals surface area (Å²) in [6, 6.07) is 41.2. The van der Waals surface area contributed by atoms with Crippen LogP contribution in [0.25, 0.3) is 87.6 Å². The van der Waals surface area contributed by atoms with E-state index >= 15 is 8.78 Å². The standard InChI is InChI=1S/C110H139F2O4.C4H8O.CH3.Sc/c1-65-43-73(111)55-83(79-51-71(109(25,26)63-99(3,4)5)53-81(85(79)61-113)95-75-57-91-87(101(9,10)33-37-105(91,17)18)47-67(75)45-68-48-88-92(58-76(68)95)106(19,20)38-34-102(88,11)12)97(65)115-41-31-30-32-42-116-98-66(2)44-74(112)56-84(98)80-52-72(110(27,28)64-100(6,7)8)54-82(86(80)62-114-29)96-77-59-93-89(103(13,14)35-39-107(93,21)22)49-69(77)46-70-50-90-94(60-78(70)96)108(23,24)40-36-104(90,15)16;1-2-4-5-3-1;;/h43-60,113H,29-42,61-64H2,1-28H3;1-4H2;1H3;/q-1;;-1;. The van der Waals surface area contributed by atoms with Crippen molar-refractivity contribution in [2.75, 3.05) is 26.4 Å². The monoisotopic (exact) mass is 1690 g/mol. The molecule has 123 heavy (non-hydrogen) atoms. The summed E-state index contributed by atoms with van der Waals surface area (Å²) in [7, 11) is 4.13. The Bertz CT molecular complexity index is 5500. The van der Waals surface area contributed by atoms with Crippen LogP contribution in [0.4, 0.5) is 8.78 Å². The van der Waals surface area contributed by atoms with E-state index in [2.05, 4.69) is 272 Å². The first-order valence-corrected chi connectivity index (χ1v) is 46.2. The molecule has 8 heteroatoms. The van der Waals surface area contributed by atoms with Gasteiger partial charge in [0.15, 0.2) is 0 Å². The van der Waals surface area contributed by atoms with Crippen molar-refractivity contribution in [3.8, 4) is 56.0 Å². The number of rotatable bonds is 19. The number of halogens is 2. The Labute approximate surface area is 760 Å². The van der Waals surface area contributed by atoms with Gasteiger partial charge in [-0.1, -0.05) is 229 Å². The van der Waals surface area contributed by atoms with Gasteiger partial charge in [-0.15, -0.1) is 0 Å². The minimum Gasteiger partial charge on any atom is -0.552 e. The third-order valence-electron chi connectivity index (χ3n) is 29.9. The molecule has 0 bridgehead atoms. The SMILES string of the molecule is C1CCOC1.[CH2-]OCc1c(-c2cc(F)cc(C)c2OCCCCCOc2c(C)cc(F)cc2-c2cc(C(C)(C)CC(C)(C)C)cc(-c3c4cc5c(cc4cc4cc6c(cc34)C(C)(C)CCC6(C)C)C(C)(C)CCC5(C)C)c2CO)cc(C(C)(C)CC(C)(C)C)cc1-c1c2cc3c(cc2cc2cc4c(cc12)C(C)(C)CCC4(C)C)C(C)(C)CCC3(C)C.[CH3-].[Sc]. The van der Waals surface area contributed by atoms with E-state index in [-0.39, 0.29) is 123 Å². The number of aliphatic hydroxyl groups is 1. The zero-order chi connectivity index (χ0) is 88.0. The first-order valence-electron chi connectivity index (χ1n) is 46.2. The van der Waals surface area contributed by atoms with Crippen LogP contribution < -0.4 is 9.47 Å². The number of benzene rings is 10. The minimum absolute atomic E-state index is 0. The summed E-state index contributed by atoms with van der Waals surface area (Å²) in [5.41, 5.74) is 23.1. The van der Waals surface area contributed by atoms with Gasteiger partial charge in [0.05, 0.1) is 19.8 Å². The molecule has 4 aliphatic carbocycles. The van der Waals surface area contributed by atoms with Crippen LogP contribution in [-0.2, 0) is 103 Å². The number of unbranched alkanes of at least 4 members (excludes halogenated alkanes) is 2. The number of aliphatic hydroxyl groups excluding tert-OH is 1. The van der Waals surface area contributed by atoms with Gasteiger partial charge in [-0.3, -0.25) is 0 Å². The van der Waals surface area contributed by atoms with Gasteiger partial charge in [0.1, 0.15) is 23.1 Å². The van der Waals surface area contributed by atoms with E-state index in [4.69, 9.17) is 18.9 Å². The summed E-state index contributed by atoms with van der Waals surface area (Å²) >= 11 is 0. The van der Waals surface area contributed by atoms with Crippen LogP contribution in [0.3, 0.4) is 0 Å². The molecule has 0 aromatic heterocycles. The van der Waals surface area contributed by atoms with Crippen LogP contribution >= 0.6 is 0 Å². The minimum atomic E-state index is -0.353. The Hall–Kier alpha value is -6.55. The predicted molar refractivity (Wildman–Crippen MR) is 517 cm³/mol. The van der Waals surface area contributed by atoms with E-state index < -0.39 is 0 Å². The molecule has 0 amide bonds. The maximum absolute atomic E-state index is 16.9. The summed E-state index contributed by atoms with van der Waals surface area (Å²) < 4.78 is 59.1. The molecular formula is C115H150F2O5Sc-2. The average molecular weight is 1700 g/mol. The zero-order valence-electron chi connectivity index (χ0n) is 81.4. The van der Waals surface area contributed by atoms with Crippen LogP contribution in [0, 0.1) is 50.8 Å². The number of hydrogen-bond acceptors (Lipinski definition) is 5. The summed E-state index contributed by atoms with van der Waals surface area (Å²) in [6.07, 6.45) is 15.3. The van der Waals surface area contributed by atoms with Crippen molar-refractivity contribution in [1.82, 2.24) is 0 Å². The van der Waals surface area contributed by atoms with Crippen molar-refractivity contribution in [1.29, 1.82) is 0 Å². The van der Waals surface area contributed by atoms with Gasteiger partial charge in [-0.25, -0.2) is 15.9 Å². The molecule has 1 fully saturated rings. The molecule has 1 radical (unpaired) electrons. The molecule has 5 nitrogen and oxygen atoms in total. The Balaban J connectivity index is 0.00000190. The van der Waals surface area contributed by atoms with Gasteiger partial charge in [0.2, 0.25) is 0 Å². The van der Waals surface area contributed by atoms with Crippen molar-refractivity contribution < 1.29 is 58.7 Å². The van der Waals surface area contributed by atoms with E-state index in [0.29, 0.717) is 54.2 Å². The van der Waals surface area contributed by atoms with Crippen molar-refractivity contribution in [3.63, 3.8) is 0 Å². The number of aryl methyl sites for hydroxylation is 2. The zero-order valence-corrected chi connectivity index (χ0v) is 83.2. The van der Waals surface area contributed by atoms with E-state index in [1.54, 1.807) is 24.3 Å². The maximum Gasteiger partial charge on any atom is 0.130 e. The molecule has 1 saturated heterocycles. The van der Waals surface area contributed by atoms with E-state index in [1.807, 2.05) is 13.8 Å². The first kappa shape index (κ1) is 95.6. The molecular weight excluding hydrogens is 1540 g/mol. The Kier molecular flexibility index (Phi) is 26.5. The van der Waals surface area contributed by atoms with Crippen molar-refractivity contribution in [3.05, 3.63) is 213 Å². The molecule has 15 rings (SSSR count). The number of hydrogen-bond donors (Lipinski definition) is 1. The average Bonchev–Trinajstić information content (AvgIpc) is 0.884. The summed E-state index contributed by atoms with van der Waals surface area (Å²) in [5.74, 6) is 0.585. The second kappa shape index (κ2) is 34.1. The van der Waals surface area contributed by atoms with Crippen molar-refractivity contribution >= 4 is 43.1 Å². The van der Waals surface area contributed by atoms with Crippen LogP contribution in [0.2, 0.25) is 0 Å². The van der Waals surface area contributed by atoms with Crippen molar-refractivity contribution in [2.45, 2.75) is 358 Å². The van der Waals surface area contributed by atoms with Gasteiger partial charge in [-0.2, -0.15) is 0 Å². The summed E-state index contributed by atoms with van der Waals surface area (Å²) in [4.78, 5) is 0. The van der Waals surface area contributed by atoms with Crippen LogP contribution in [-0.4, -0.2) is 31.5 Å². The van der Waals surface area contributed by atoms with Gasteiger partial charge >= 0.3 is 0 Å². The smallest absolute Gasteiger partial charge is 0.130 e. The summed E-state index contributed by atoms with van der Waals surface area (Å²) in [5, 5.41) is 22.1. The molecule has 0 atom stereocenters. The van der Waals surface area contributed by atoms with E-state index in [0.717, 1.165) is 134 Å². The van der Waals surface area contributed by atoms with Gasteiger partial charge in [-0.05, 0) is 390 Å². The first-order chi connectivity index (χ1) is 56.2. The fraction of sp³-hybridized carbons (Fsp3) is 0.530. The quantitative estimate of drug-likeness (QED) is 0.0497. The van der Waals surface area contributed by atoms with Gasteiger partial charge < -0.3 is 31.5 Å². The molecule has 10 aromatic rings. The Morgan fingerprint density at radius 2 is 0.642 bits per heavy atom. The number of ether oxygens (including phenoxy) is 4. The van der Waals surface area contributed by atoms with Crippen molar-refractivity contribution in [2.24, 2.45) is 10.8 Å². The topological polar surface area (TPSA) is 57.2 Å².